The zero-order chi connectivity index (χ0) is 17.9. The number of sulfone groups is 1. The molecule has 1 amide bonds. The highest BCUT2D eigenvalue weighted by Gasteiger charge is 2.36. The minimum absolute atomic E-state index is 0.00541. The lowest BCUT2D eigenvalue weighted by Crippen LogP contribution is -2.49. The largest absolute Gasteiger partial charge is 0.338 e. The van der Waals surface area contributed by atoms with Gasteiger partial charge in [-0.15, -0.1) is 0 Å². The molecule has 134 valence electrons. The Balaban J connectivity index is 2.05. The first kappa shape index (κ1) is 19.4. The SMILES string of the molecule is CCN(C(=O)[C@@H](C)N(C)Cc1ccccc1Br)[C@H]1CCS(=O)(=O)C1. The topological polar surface area (TPSA) is 57.7 Å². The summed E-state index contributed by atoms with van der Waals surface area (Å²) in [5.74, 6) is 0.268. The Morgan fingerprint density at radius 3 is 2.58 bits per heavy atom. The normalized spacial score (nSPS) is 21.0. The first-order valence-corrected chi connectivity index (χ1v) is 10.8. The second-order valence-corrected chi connectivity index (χ2v) is 9.45. The van der Waals surface area contributed by atoms with Crippen LogP contribution in [0.15, 0.2) is 28.7 Å². The summed E-state index contributed by atoms with van der Waals surface area (Å²) >= 11 is 3.53. The molecule has 7 heteroatoms. The van der Waals surface area contributed by atoms with Crippen LogP contribution in [0, 0.1) is 0 Å². The second-order valence-electron chi connectivity index (χ2n) is 6.36. The maximum atomic E-state index is 12.9. The van der Waals surface area contributed by atoms with E-state index in [1.165, 1.54) is 0 Å². The monoisotopic (exact) mass is 416 g/mol. The van der Waals surface area contributed by atoms with Crippen molar-refractivity contribution >= 4 is 31.7 Å². The predicted molar refractivity (Wildman–Crippen MR) is 99.5 cm³/mol. The number of nitrogens with zero attached hydrogens (tertiary/aromatic N) is 2. The van der Waals surface area contributed by atoms with E-state index >= 15 is 0 Å². The van der Waals surface area contributed by atoms with Gasteiger partial charge in [-0.05, 0) is 38.9 Å². The van der Waals surface area contributed by atoms with E-state index in [0.717, 1.165) is 10.0 Å². The molecule has 2 atom stereocenters. The van der Waals surface area contributed by atoms with Crippen molar-refractivity contribution in [2.24, 2.45) is 0 Å². The molecule has 5 nitrogen and oxygen atoms in total. The van der Waals surface area contributed by atoms with Crippen LogP contribution >= 0.6 is 15.9 Å². The minimum Gasteiger partial charge on any atom is -0.338 e. The molecule has 1 aliphatic rings. The van der Waals surface area contributed by atoms with Gasteiger partial charge in [0.25, 0.3) is 0 Å². The van der Waals surface area contributed by atoms with Crippen molar-refractivity contribution in [3.05, 3.63) is 34.3 Å². The van der Waals surface area contributed by atoms with Gasteiger partial charge in [-0.3, -0.25) is 9.69 Å². The third-order valence-corrected chi connectivity index (χ3v) is 7.19. The van der Waals surface area contributed by atoms with Gasteiger partial charge in [0.05, 0.1) is 17.5 Å². The zero-order valence-corrected chi connectivity index (χ0v) is 16.8. The quantitative estimate of drug-likeness (QED) is 0.713. The Kier molecular flexibility index (Phi) is 6.45. The fraction of sp³-hybridized carbons (Fsp3) is 0.588. The highest BCUT2D eigenvalue weighted by Crippen LogP contribution is 2.21. The van der Waals surface area contributed by atoms with Crippen molar-refractivity contribution in [3.8, 4) is 0 Å². The van der Waals surface area contributed by atoms with Crippen molar-refractivity contribution < 1.29 is 13.2 Å². The van der Waals surface area contributed by atoms with Gasteiger partial charge >= 0.3 is 0 Å². The molecule has 24 heavy (non-hydrogen) atoms. The summed E-state index contributed by atoms with van der Waals surface area (Å²) in [5, 5.41) is 0. The van der Waals surface area contributed by atoms with Gasteiger partial charge in [0.15, 0.2) is 9.84 Å². The van der Waals surface area contributed by atoms with Crippen molar-refractivity contribution in [1.29, 1.82) is 0 Å². The number of benzene rings is 1. The molecule has 1 saturated heterocycles. The molecule has 2 rings (SSSR count). The minimum atomic E-state index is -3.00. The molecule has 0 unspecified atom stereocenters. The van der Waals surface area contributed by atoms with E-state index in [4.69, 9.17) is 0 Å². The molecule has 0 radical (unpaired) electrons. The summed E-state index contributed by atoms with van der Waals surface area (Å²) in [6.07, 6.45) is 0.544. The van der Waals surface area contributed by atoms with Crippen molar-refractivity contribution in [1.82, 2.24) is 9.80 Å². The summed E-state index contributed by atoms with van der Waals surface area (Å²) in [6.45, 7) is 4.97. The molecule has 1 aromatic rings. The third kappa shape index (κ3) is 4.58. The van der Waals surface area contributed by atoms with E-state index in [9.17, 15) is 13.2 Å². The van der Waals surface area contributed by atoms with Gasteiger partial charge in [-0.25, -0.2) is 8.42 Å². The Bertz CT molecular complexity index is 693. The number of carbonyl (C=O) groups excluding carboxylic acids is 1. The Labute approximate surface area is 153 Å². The molecule has 1 fully saturated rings. The summed E-state index contributed by atoms with van der Waals surface area (Å²) in [5.41, 5.74) is 1.12. The summed E-state index contributed by atoms with van der Waals surface area (Å²) < 4.78 is 24.4. The number of amides is 1. The first-order chi connectivity index (χ1) is 11.2. The molecule has 0 bridgehead atoms. The number of carbonyl (C=O) groups is 1. The van der Waals surface area contributed by atoms with Gasteiger partial charge < -0.3 is 4.90 Å². The number of likely N-dealkylation sites (N-methyl/N-ethyl adjacent to an activating group) is 2. The zero-order valence-electron chi connectivity index (χ0n) is 14.4. The molecule has 0 aliphatic carbocycles. The summed E-state index contributed by atoms with van der Waals surface area (Å²) in [4.78, 5) is 16.6. The van der Waals surface area contributed by atoms with Gasteiger partial charge in [0, 0.05) is 23.6 Å². The first-order valence-electron chi connectivity index (χ1n) is 8.19. The standard InChI is InChI=1S/C17H25BrN2O3S/c1-4-20(15-9-10-24(22,23)12-15)17(21)13(2)19(3)11-14-7-5-6-8-16(14)18/h5-8,13,15H,4,9-12H2,1-3H3/t13-,15+/m1/s1. The molecule has 0 spiro atoms. The highest BCUT2D eigenvalue weighted by atomic mass is 79.9. The number of hydrogen-bond donors (Lipinski definition) is 0. The molecule has 0 N–H and O–H groups in total. The van der Waals surface area contributed by atoms with E-state index < -0.39 is 9.84 Å². The van der Waals surface area contributed by atoms with Gasteiger partial charge in [-0.1, -0.05) is 34.1 Å². The van der Waals surface area contributed by atoms with Crippen LogP contribution in [-0.4, -0.2) is 61.3 Å². The predicted octanol–water partition coefficient (Wildman–Crippen LogP) is 2.31. The van der Waals surface area contributed by atoms with Crippen LogP contribution in [0.1, 0.15) is 25.8 Å². The van der Waals surface area contributed by atoms with E-state index in [0.29, 0.717) is 19.5 Å². The maximum Gasteiger partial charge on any atom is 0.239 e. The highest BCUT2D eigenvalue weighted by molar-refractivity contribution is 9.10. The average Bonchev–Trinajstić information content (AvgIpc) is 2.89. The van der Waals surface area contributed by atoms with E-state index in [1.54, 1.807) is 4.90 Å². The maximum absolute atomic E-state index is 12.9. The lowest BCUT2D eigenvalue weighted by Gasteiger charge is -2.33. The van der Waals surface area contributed by atoms with Crippen LogP contribution in [0.25, 0.3) is 0 Å². The molecule has 1 aliphatic heterocycles. The van der Waals surface area contributed by atoms with Crippen LogP contribution < -0.4 is 0 Å². The molecule has 1 heterocycles. The second kappa shape index (κ2) is 7.97. The lowest BCUT2D eigenvalue weighted by molar-refractivity contribution is -0.137. The smallest absolute Gasteiger partial charge is 0.239 e. The molecule has 0 saturated carbocycles. The van der Waals surface area contributed by atoms with E-state index in [2.05, 4.69) is 15.9 Å². The Morgan fingerprint density at radius 1 is 1.38 bits per heavy atom. The molecular formula is C17H25BrN2O3S. The number of rotatable bonds is 6. The Hall–Kier alpha value is -0.920. The van der Waals surface area contributed by atoms with Gasteiger partial charge in [-0.2, -0.15) is 0 Å². The van der Waals surface area contributed by atoms with Crippen LogP contribution in [0.4, 0.5) is 0 Å². The van der Waals surface area contributed by atoms with Crippen molar-refractivity contribution in [2.45, 2.75) is 38.9 Å². The lowest BCUT2D eigenvalue weighted by atomic mass is 10.1. The summed E-state index contributed by atoms with van der Waals surface area (Å²) in [7, 11) is -1.08. The van der Waals surface area contributed by atoms with E-state index in [1.807, 2.05) is 50.1 Å². The molecular weight excluding hydrogens is 392 g/mol. The van der Waals surface area contributed by atoms with Crippen LogP contribution in [0.3, 0.4) is 0 Å². The average molecular weight is 417 g/mol. The van der Waals surface area contributed by atoms with Crippen molar-refractivity contribution in [3.63, 3.8) is 0 Å². The van der Waals surface area contributed by atoms with Crippen LogP contribution in [0.5, 0.6) is 0 Å². The van der Waals surface area contributed by atoms with Crippen LogP contribution in [-0.2, 0) is 21.2 Å². The van der Waals surface area contributed by atoms with Crippen molar-refractivity contribution in [2.75, 3.05) is 25.1 Å². The molecule has 1 aromatic carbocycles. The number of hydrogen-bond acceptors (Lipinski definition) is 4. The van der Waals surface area contributed by atoms with Gasteiger partial charge in [0.2, 0.25) is 5.91 Å². The summed E-state index contributed by atoms with van der Waals surface area (Å²) in [6, 6.07) is 7.45. The van der Waals surface area contributed by atoms with Crippen LogP contribution in [0.2, 0.25) is 0 Å². The van der Waals surface area contributed by atoms with Gasteiger partial charge in [0.1, 0.15) is 0 Å². The van der Waals surface area contributed by atoms with E-state index in [-0.39, 0.29) is 29.5 Å². The molecule has 0 aromatic heterocycles. The fourth-order valence-corrected chi connectivity index (χ4v) is 5.22. The fourth-order valence-electron chi connectivity index (χ4n) is 3.08. The third-order valence-electron chi connectivity index (χ3n) is 4.67. The Morgan fingerprint density at radius 2 is 2.04 bits per heavy atom. The number of halogens is 1.